The number of aromatic nitrogens is 1. The summed E-state index contributed by atoms with van der Waals surface area (Å²) in [5.74, 6) is 0.498. The number of rotatable bonds is 3. The van der Waals surface area contributed by atoms with Crippen molar-refractivity contribution in [1.82, 2.24) is 10.0 Å². The van der Waals surface area contributed by atoms with Gasteiger partial charge in [-0.2, -0.15) is 0 Å². The SMILES string of the molecule is Cc1nc([C@@H]2CCON2C(=O)[C@H]2CC[C@H](CO)CC2)cs1. The second-order valence-corrected chi connectivity index (χ2v) is 7.06. The van der Waals surface area contributed by atoms with Crippen molar-refractivity contribution in [3.05, 3.63) is 16.1 Å². The fraction of sp³-hybridized carbons (Fsp3) is 0.733. The summed E-state index contributed by atoms with van der Waals surface area (Å²) >= 11 is 1.61. The van der Waals surface area contributed by atoms with Crippen molar-refractivity contribution in [3.8, 4) is 0 Å². The highest BCUT2D eigenvalue weighted by Crippen LogP contribution is 2.36. The number of aliphatic hydroxyl groups is 1. The Kier molecular flexibility index (Phi) is 4.57. The zero-order chi connectivity index (χ0) is 14.8. The third kappa shape index (κ3) is 3.12. The number of aliphatic hydroxyl groups excluding tert-OH is 1. The van der Waals surface area contributed by atoms with Gasteiger partial charge in [-0.1, -0.05) is 0 Å². The first-order valence-electron chi connectivity index (χ1n) is 7.68. The number of aryl methyl sites for hydroxylation is 1. The van der Waals surface area contributed by atoms with Gasteiger partial charge in [-0.3, -0.25) is 9.63 Å². The van der Waals surface area contributed by atoms with Crippen molar-refractivity contribution in [2.45, 2.75) is 45.1 Å². The summed E-state index contributed by atoms with van der Waals surface area (Å²) < 4.78 is 0. The Bertz CT molecular complexity index is 497. The van der Waals surface area contributed by atoms with Gasteiger partial charge in [-0.15, -0.1) is 11.3 Å². The lowest BCUT2D eigenvalue weighted by atomic mass is 9.82. The second kappa shape index (κ2) is 6.42. The molecule has 1 aromatic rings. The monoisotopic (exact) mass is 310 g/mol. The topological polar surface area (TPSA) is 62.7 Å². The van der Waals surface area contributed by atoms with E-state index in [0.717, 1.165) is 42.8 Å². The van der Waals surface area contributed by atoms with Crippen LogP contribution in [0.15, 0.2) is 5.38 Å². The normalized spacial score (nSPS) is 29.8. The van der Waals surface area contributed by atoms with Gasteiger partial charge in [0.2, 0.25) is 5.91 Å². The number of thiazole rings is 1. The van der Waals surface area contributed by atoms with E-state index in [-0.39, 0.29) is 24.5 Å². The van der Waals surface area contributed by atoms with Crippen LogP contribution in [0.1, 0.15) is 48.8 Å². The summed E-state index contributed by atoms with van der Waals surface area (Å²) in [5.41, 5.74) is 0.951. The van der Waals surface area contributed by atoms with E-state index < -0.39 is 0 Å². The molecule has 0 radical (unpaired) electrons. The highest BCUT2D eigenvalue weighted by atomic mass is 32.1. The highest BCUT2D eigenvalue weighted by Gasteiger charge is 2.37. The summed E-state index contributed by atoms with van der Waals surface area (Å²) in [6.07, 6.45) is 4.39. The lowest BCUT2D eigenvalue weighted by molar-refractivity contribution is -0.183. The van der Waals surface area contributed by atoms with Gasteiger partial charge >= 0.3 is 0 Å². The van der Waals surface area contributed by atoms with Crippen LogP contribution in [0.5, 0.6) is 0 Å². The minimum Gasteiger partial charge on any atom is -0.396 e. The zero-order valence-electron chi connectivity index (χ0n) is 12.3. The Morgan fingerprint density at radius 1 is 1.43 bits per heavy atom. The van der Waals surface area contributed by atoms with E-state index in [1.165, 1.54) is 0 Å². The first kappa shape index (κ1) is 14.9. The molecule has 0 bridgehead atoms. The molecule has 21 heavy (non-hydrogen) atoms. The fourth-order valence-corrected chi connectivity index (χ4v) is 3.92. The Morgan fingerprint density at radius 3 is 2.81 bits per heavy atom. The number of amides is 1. The average molecular weight is 310 g/mol. The molecular weight excluding hydrogens is 288 g/mol. The predicted octanol–water partition coefficient (Wildman–Crippen LogP) is 2.46. The second-order valence-electron chi connectivity index (χ2n) is 5.99. The van der Waals surface area contributed by atoms with E-state index in [2.05, 4.69) is 4.98 Å². The Labute approximate surface area is 128 Å². The van der Waals surface area contributed by atoms with Crippen molar-refractivity contribution in [1.29, 1.82) is 0 Å². The van der Waals surface area contributed by atoms with Crippen molar-refractivity contribution in [2.24, 2.45) is 11.8 Å². The molecule has 1 aromatic heterocycles. The number of hydrogen-bond acceptors (Lipinski definition) is 5. The number of carbonyl (C=O) groups excluding carboxylic acids is 1. The number of hydrogen-bond donors (Lipinski definition) is 1. The van der Waals surface area contributed by atoms with Crippen molar-refractivity contribution in [2.75, 3.05) is 13.2 Å². The van der Waals surface area contributed by atoms with Crippen LogP contribution in [0.25, 0.3) is 0 Å². The van der Waals surface area contributed by atoms with E-state index in [4.69, 9.17) is 4.84 Å². The Morgan fingerprint density at radius 2 is 2.19 bits per heavy atom. The van der Waals surface area contributed by atoms with Crippen LogP contribution in [0.4, 0.5) is 0 Å². The molecule has 1 saturated heterocycles. The van der Waals surface area contributed by atoms with Gasteiger partial charge in [0.25, 0.3) is 0 Å². The van der Waals surface area contributed by atoms with Gasteiger partial charge in [-0.05, 0) is 38.5 Å². The molecule has 1 aliphatic heterocycles. The van der Waals surface area contributed by atoms with Crippen LogP contribution >= 0.6 is 11.3 Å². The van der Waals surface area contributed by atoms with E-state index >= 15 is 0 Å². The quantitative estimate of drug-likeness (QED) is 0.931. The van der Waals surface area contributed by atoms with Crippen LogP contribution in [0, 0.1) is 18.8 Å². The standard InChI is InChI=1S/C15H22N2O3S/c1-10-16-13(9-21-10)14-6-7-20-17(14)15(19)12-4-2-11(8-18)3-5-12/h9,11-12,14,18H,2-8H2,1H3/t11-,12-,14-/m0/s1. The van der Waals surface area contributed by atoms with Gasteiger partial charge < -0.3 is 5.11 Å². The molecule has 1 atom stereocenters. The van der Waals surface area contributed by atoms with Crippen LogP contribution in [0.2, 0.25) is 0 Å². The first-order valence-corrected chi connectivity index (χ1v) is 8.56. The van der Waals surface area contributed by atoms with Crippen LogP contribution in [-0.4, -0.2) is 34.3 Å². The maximum Gasteiger partial charge on any atom is 0.249 e. The molecule has 0 spiro atoms. The van der Waals surface area contributed by atoms with Gasteiger partial charge in [0.1, 0.15) is 6.04 Å². The van der Waals surface area contributed by atoms with Crippen LogP contribution < -0.4 is 0 Å². The minimum atomic E-state index is -0.0296. The molecule has 6 heteroatoms. The predicted molar refractivity (Wildman–Crippen MR) is 79.5 cm³/mol. The number of carbonyl (C=O) groups is 1. The third-order valence-electron chi connectivity index (χ3n) is 4.55. The maximum absolute atomic E-state index is 12.7. The first-order chi connectivity index (χ1) is 10.2. The molecule has 116 valence electrons. The zero-order valence-corrected chi connectivity index (χ0v) is 13.1. The maximum atomic E-state index is 12.7. The molecule has 1 saturated carbocycles. The largest absolute Gasteiger partial charge is 0.396 e. The van der Waals surface area contributed by atoms with E-state index in [9.17, 15) is 9.90 Å². The van der Waals surface area contributed by atoms with Crippen LogP contribution in [0.3, 0.4) is 0 Å². The van der Waals surface area contributed by atoms with E-state index in [1.54, 1.807) is 16.4 Å². The molecule has 3 rings (SSSR count). The van der Waals surface area contributed by atoms with Gasteiger partial charge in [0.15, 0.2) is 0 Å². The fourth-order valence-electron chi connectivity index (χ4n) is 3.26. The number of nitrogens with zero attached hydrogens (tertiary/aromatic N) is 2. The summed E-state index contributed by atoms with van der Waals surface area (Å²) in [6.45, 7) is 2.80. The van der Waals surface area contributed by atoms with E-state index in [1.807, 2.05) is 12.3 Å². The summed E-state index contributed by atoms with van der Waals surface area (Å²) in [5, 5.41) is 13.8. The molecule has 5 nitrogen and oxygen atoms in total. The lowest BCUT2D eigenvalue weighted by Crippen LogP contribution is -2.37. The van der Waals surface area contributed by atoms with Crippen LogP contribution in [-0.2, 0) is 9.63 Å². The van der Waals surface area contributed by atoms with Gasteiger partial charge in [-0.25, -0.2) is 10.0 Å². The molecule has 1 amide bonds. The molecule has 1 aliphatic carbocycles. The molecule has 2 aliphatic rings. The Balaban J connectivity index is 1.66. The summed E-state index contributed by atoms with van der Waals surface area (Å²) in [4.78, 5) is 22.8. The molecular formula is C15H22N2O3S. The molecule has 0 aromatic carbocycles. The summed E-state index contributed by atoms with van der Waals surface area (Å²) in [7, 11) is 0. The molecule has 1 N–H and O–H groups in total. The van der Waals surface area contributed by atoms with Gasteiger partial charge in [0, 0.05) is 24.3 Å². The smallest absolute Gasteiger partial charge is 0.249 e. The molecule has 2 fully saturated rings. The molecule has 0 unspecified atom stereocenters. The minimum absolute atomic E-state index is 0.0296. The molecule has 2 heterocycles. The van der Waals surface area contributed by atoms with Crippen molar-refractivity contribution < 1.29 is 14.7 Å². The highest BCUT2D eigenvalue weighted by molar-refractivity contribution is 7.09. The third-order valence-corrected chi connectivity index (χ3v) is 5.35. The van der Waals surface area contributed by atoms with Crippen molar-refractivity contribution in [3.63, 3.8) is 0 Å². The lowest BCUT2D eigenvalue weighted by Gasteiger charge is -2.30. The number of hydroxylamine groups is 2. The average Bonchev–Trinajstić information content (AvgIpc) is 3.15. The van der Waals surface area contributed by atoms with E-state index in [0.29, 0.717) is 12.5 Å². The van der Waals surface area contributed by atoms with Gasteiger partial charge in [0.05, 0.1) is 17.3 Å². The summed E-state index contributed by atoms with van der Waals surface area (Å²) in [6, 6.07) is -0.0296. The Hall–Kier alpha value is -0.980. The van der Waals surface area contributed by atoms with Crippen molar-refractivity contribution >= 4 is 17.2 Å².